The summed E-state index contributed by atoms with van der Waals surface area (Å²) in [5, 5.41) is 3.04. The Bertz CT molecular complexity index is 1030. The maximum atomic E-state index is 14.3. The Balaban J connectivity index is 1.84. The molecule has 2 N–H and O–H groups in total. The molecule has 1 saturated carbocycles. The zero-order chi connectivity index (χ0) is 21.2. The predicted octanol–water partition coefficient (Wildman–Crippen LogP) is 5.24. The van der Waals surface area contributed by atoms with Gasteiger partial charge in [-0.25, -0.2) is 17.5 Å². The molecule has 1 aliphatic carbocycles. The second-order valence-electron chi connectivity index (χ2n) is 7.21. The minimum atomic E-state index is -3.89. The smallest absolute Gasteiger partial charge is 0.258 e. The zero-order valence-corrected chi connectivity index (χ0v) is 18.0. The van der Waals surface area contributed by atoms with E-state index in [9.17, 15) is 17.6 Å². The van der Waals surface area contributed by atoms with Crippen LogP contribution < -0.4 is 10.0 Å². The zero-order valence-electron chi connectivity index (χ0n) is 15.7. The monoisotopic (exact) mass is 458 g/mol. The molecule has 156 valence electrons. The van der Waals surface area contributed by atoms with Crippen molar-refractivity contribution in [2.24, 2.45) is 5.92 Å². The SMILES string of the molecule is C[C@H]1CCCC[C@H]1NS(=O)(=O)c1ccc(F)c(C(=O)Nc2ccc(Cl)cc2Cl)c1. The lowest BCUT2D eigenvalue weighted by atomic mass is 9.87. The van der Waals surface area contributed by atoms with E-state index >= 15 is 0 Å². The average molecular weight is 459 g/mol. The highest BCUT2D eigenvalue weighted by Crippen LogP contribution is 2.28. The van der Waals surface area contributed by atoms with Crippen LogP contribution in [0.4, 0.5) is 10.1 Å². The lowest BCUT2D eigenvalue weighted by Crippen LogP contribution is -2.41. The van der Waals surface area contributed by atoms with Crippen LogP contribution in [0.15, 0.2) is 41.3 Å². The van der Waals surface area contributed by atoms with E-state index in [1.165, 1.54) is 18.2 Å². The number of nitrogens with one attached hydrogen (secondary N) is 2. The van der Waals surface area contributed by atoms with Gasteiger partial charge in [0.1, 0.15) is 5.82 Å². The summed E-state index contributed by atoms with van der Waals surface area (Å²) < 4.78 is 42.5. The van der Waals surface area contributed by atoms with Gasteiger partial charge in [0.25, 0.3) is 5.91 Å². The molecule has 0 heterocycles. The number of hydrogen-bond acceptors (Lipinski definition) is 3. The summed E-state index contributed by atoms with van der Waals surface area (Å²) in [6.07, 6.45) is 3.74. The fraction of sp³-hybridized carbons (Fsp3) is 0.350. The van der Waals surface area contributed by atoms with Crippen LogP contribution in [0.3, 0.4) is 0 Å². The van der Waals surface area contributed by atoms with Crippen molar-refractivity contribution in [1.29, 1.82) is 0 Å². The molecule has 0 bridgehead atoms. The molecule has 9 heteroatoms. The Hall–Kier alpha value is -1.67. The number of carbonyl (C=O) groups excluding carboxylic acids is 1. The van der Waals surface area contributed by atoms with Gasteiger partial charge in [-0.15, -0.1) is 0 Å². The van der Waals surface area contributed by atoms with Gasteiger partial charge < -0.3 is 5.32 Å². The van der Waals surface area contributed by atoms with Gasteiger partial charge in [0.15, 0.2) is 0 Å². The second kappa shape index (κ2) is 9.00. The Morgan fingerprint density at radius 1 is 1.10 bits per heavy atom. The van der Waals surface area contributed by atoms with E-state index in [2.05, 4.69) is 10.0 Å². The van der Waals surface area contributed by atoms with E-state index in [1.807, 2.05) is 6.92 Å². The number of rotatable bonds is 5. The van der Waals surface area contributed by atoms with Gasteiger partial charge >= 0.3 is 0 Å². The van der Waals surface area contributed by atoms with Crippen LogP contribution in [0.1, 0.15) is 43.0 Å². The molecule has 2 atom stereocenters. The van der Waals surface area contributed by atoms with Crippen molar-refractivity contribution >= 4 is 44.8 Å². The summed E-state index contributed by atoms with van der Waals surface area (Å²) in [5.41, 5.74) is -0.154. The molecule has 0 saturated heterocycles. The van der Waals surface area contributed by atoms with E-state index < -0.39 is 27.3 Å². The molecule has 0 spiro atoms. The summed E-state index contributed by atoms with van der Waals surface area (Å²) in [5.74, 6) is -1.43. The third kappa shape index (κ3) is 5.28. The maximum absolute atomic E-state index is 14.3. The summed E-state index contributed by atoms with van der Waals surface area (Å²) in [7, 11) is -3.89. The van der Waals surface area contributed by atoms with Crippen LogP contribution in [0.25, 0.3) is 0 Å². The van der Waals surface area contributed by atoms with Crippen LogP contribution in [-0.2, 0) is 10.0 Å². The fourth-order valence-electron chi connectivity index (χ4n) is 3.38. The normalized spacial score (nSPS) is 19.7. The van der Waals surface area contributed by atoms with Gasteiger partial charge in [0.2, 0.25) is 10.0 Å². The highest BCUT2D eigenvalue weighted by Gasteiger charge is 2.28. The molecule has 29 heavy (non-hydrogen) atoms. The first-order valence-corrected chi connectivity index (χ1v) is 11.5. The molecule has 2 aromatic rings. The molecule has 3 rings (SSSR count). The summed E-state index contributed by atoms with van der Waals surface area (Å²) in [6, 6.07) is 7.41. The molecule has 2 aromatic carbocycles. The molecule has 1 fully saturated rings. The van der Waals surface area contributed by atoms with E-state index in [0.29, 0.717) is 5.02 Å². The minimum Gasteiger partial charge on any atom is -0.321 e. The van der Waals surface area contributed by atoms with Crippen LogP contribution in [0, 0.1) is 11.7 Å². The van der Waals surface area contributed by atoms with Gasteiger partial charge in [0, 0.05) is 11.1 Å². The lowest BCUT2D eigenvalue weighted by molar-refractivity contribution is 0.102. The highest BCUT2D eigenvalue weighted by molar-refractivity contribution is 7.89. The van der Waals surface area contributed by atoms with E-state index in [1.54, 1.807) is 0 Å². The largest absolute Gasteiger partial charge is 0.321 e. The van der Waals surface area contributed by atoms with Crippen molar-refractivity contribution in [3.05, 3.63) is 57.8 Å². The van der Waals surface area contributed by atoms with Gasteiger partial charge in [-0.1, -0.05) is 43.0 Å². The molecule has 1 amide bonds. The molecule has 0 aromatic heterocycles. The Morgan fingerprint density at radius 3 is 2.52 bits per heavy atom. The molecule has 0 aliphatic heterocycles. The number of carbonyl (C=O) groups is 1. The first-order chi connectivity index (χ1) is 13.7. The van der Waals surface area contributed by atoms with Crippen LogP contribution in [0.2, 0.25) is 10.0 Å². The van der Waals surface area contributed by atoms with Crippen molar-refractivity contribution in [2.75, 3.05) is 5.32 Å². The van der Waals surface area contributed by atoms with Gasteiger partial charge in [-0.05, 0) is 55.2 Å². The predicted molar refractivity (Wildman–Crippen MR) is 113 cm³/mol. The van der Waals surface area contributed by atoms with Crippen LogP contribution in [-0.4, -0.2) is 20.4 Å². The number of sulfonamides is 1. The van der Waals surface area contributed by atoms with Gasteiger partial charge in [0.05, 0.1) is 21.2 Å². The summed E-state index contributed by atoms with van der Waals surface area (Å²) >= 11 is 11.9. The second-order valence-corrected chi connectivity index (χ2v) is 9.77. The molecule has 5 nitrogen and oxygen atoms in total. The summed E-state index contributed by atoms with van der Waals surface area (Å²) in [4.78, 5) is 12.4. The molecule has 0 unspecified atom stereocenters. The van der Waals surface area contributed by atoms with E-state index in [-0.39, 0.29) is 27.6 Å². The van der Waals surface area contributed by atoms with Crippen molar-refractivity contribution < 1.29 is 17.6 Å². The third-order valence-electron chi connectivity index (χ3n) is 5.09. The average Bonchev–Trinajstić information content (AvgIpc) is 2.66. The van der Waals surface area contributed by atoms with Crippen molar-refractivity contribution in [3.63, 3.8) is 0 Å². The molecular formula is C20H21Cl2FN2O3S. The Morgan fingerprint density at radius 2 is 1.83 bits per heavy atom. The molecule has 0 radical (unpaired) electrons. The quantitative estimate of drug-likeness (QED) is 0.642. The Kier molecular flexibility index (Phi) is 6.83. The first-order valence-electron chi connectivity index (χ1n) is 9.25. The minimum absolute atomic E-state index is 0.163. The van der Waals surface area contributed by atoms with Crippen molar-refractivity contribution in [2.45, 2.75) is 43.5 Å². The van der Waals surface area contributed by atoms with Crippen molar-refractivity contribution in [3.8, 4) is 0 Å². The van der Waals surface area contributed by atoms with Crippen LogP contribution in [0.5, 0.6) is 0 Å². The van der Waals surface area contributed by atoms with Gasteiger partial charge in [-0.2, -0.15) is 0 Å². The van der Waals surface area contributed by atoms with Crippen LogP contribution >= 0.6 is 23.2 Å². The highest BCUT2D eigenvalue weighted by atomic mass is 35.5. The standard InChI is InChI=1S/C20H21Cl2FN2O3S/c1-12-4-2-3-5-18(12)25-29(27,28)14-7-8-17(23)15(11-14)20(26)24-19-9-6-13(21)10-16(19)22/h6-12,18,25H,2-5H2,1H3,(H,24,26)/t12-,18+/m0/s1. The molecule has 1 aliphatic rings. The first kappa shape index (κ1) is 22.0. The fourth-order valence-corrected chi connectivity index (χ4v) is 5.25. The number of benzene rings is 2. The number of hydrogen-bond donors (Lipinski definition) is 2. The maximum Gasteiger partial charge on any atom is 0.258 e. The topological polar surface area (TPSA) is 75.3 Å². The lowest BCUT2D eigenvalue weighted by Gasteiger charge is -2.29. The van der Waals surface area contributed by atoms with Crippen molar-refractivity contribution in [1.82, 2.24) is 4.72 Å². The van der Waals surface area contributed by atoms with Gasteiger partial charge in [-0.3, -0.25) is 4.79 Å². The number of amides is 1. The summed E-state index contributed by atoms with van der Waals surface area (Å²) in [6.45, 7) is 2.01. The van der Waals surface area contributed by atoms with E-state index in [4.69, 9.17) is 23.2 Å². The Labute approximate surface area is 179 Å². The third-order valence-corrected chi connectivity index (χ3v) is 7.13. The number of anilines is 1. The number of halogens is 3. The molecular weight excluding hydrogens is 438 g/mol. The van der Waals surface area contributed by atoms with E-state index in [0.717, 1.165) is 43.9 Å².